The number of hydrogen-bond donors (Lipinski definition) is 2. The summed E-state index contributed by atoms with van der Waals surface area (Å²) in [6.45, 7) is 0.463. The molecule has 0 fully saturated rings. The number of para-hydroxylation sites is 1. The van der Waals surface area contributed by atoms with E-state index in [9.17, 15) is 12.8 Å². The lowest BCUT2D eigenvalue weighted by molar-refractivity contribution is 0.586. The third-order valence-corrected chi connectivity index (χ3v) is 6.90. The van der Waals surface area contributed by atoms with Gasteiger partial charge in [-0.05, 0) is 85.2 Å². The van der Waals surface area contributed by atoms with Gasteiger partial charge in [0.05, 0.1) is 10.6 Å². The zero-order valence-corrected chi connectivity index (χ0v) is 17.6. The molecule has 0 aromatic heterocycles. The van der Waals surface area contributed by atoms with Crippen LogP contribution in [0.15, 0.2) is 77.7 Å². The predicted octanol–water partition coefficient (Wildman–Crippen LogP) is 4.78. The van der Waals surface area contributed by atoms with Crippen molar-refractivity contribution < 1.29 is 12.8 Å². The van der Waals surface area contributed by atoms with Gasteiger partial charge in [0.15, 0.2) is 5.11 Å². The molecule has 0 bridgehead atoms. The smallest absolute Gasteiger partial charge is 0.264 e. The van der Waals surface area contributed by atoms with Crippen molar-refractivity contribution in [2.24, 2.45) is 0 Å². The van der Waals surface area contributed by atoms with E-state index in [1.54, 1.807) is 36.4 Å². The van der Waals surface area contributed by atoms with Gasteiger partial charge >= 0.3 is 0 Å². The second-order valence-electron chi connectivity index (χ2n) is 6.92. The van der Waals surface area contributed by atoms with Gasteiger partial charge in [-0.2, -0.15) is 0 Å². The van der Waals surface area contributed by atoms with Crippen molar-refractivity contribution >= 4 is 44.4 Å². The highest BCUT2D eigenvalue weighted by Crippen LogP contribution is 2.32. The first-order valence-electron chi connectivity index (χ1n) is 9.48. The summed E-state index contributed by atoms with van der Waals surface area (Å²) in [7, 11) is -3.65. The lowest BCUT2D eigenvalue weighted by Crippen LogP contribution is -2.35. The fourth-order valence-corrected chi connectivity index (χ4v) is 5.19. The Hall–Kier alpha value is -2.97. The van der Waals surface area contributed by atoms with Crippen molar-refractivity contribution in [3.8, 4) is 0 Å². The Balaban J connectivity index is 1.48. The monoisotopic (exact) mass is 441 g/mol. The number of benzene rings is 3. The van der Waals surface area contributed by atoms with Crippen LogP contribution in [0.5, 0.6) is 0 Å². The van der Waals surface area contributed by atoms with E-state index in [1.165, 1.54) is 16.4 Å². The lowest BCUT2D eigenvalue weighted by Gasteiger charge is -2.30. The average molecular weight is 442 g/mol. The number of nitrogens with zero attached hydrogens (tertiary/aromatic N) is 1. The van der Waals surface area contributed by atoms with Gasteiger partial charge in [0.25, 0.3) is 10.0 Å². The van der Waals surface area contributed by atoms with Crippen molar-refractivity contribution in [2.45, 2.75) is 17.7 Å². The summed E-state index contributed by atoms with van der Waals surface area (Å²) in [4.78, 5) is 0.224. The van der Waals surface area contributed by atoms with Gasteiger partial charge in [-0.3, -0.25) is 4.31 Å². The van der Waals surface area contributed by atoms with E-state index in [0.29, 0.717) is 23.0 Å². The van der Waals surface area contributed by atoms with Gasteiger partial charge in [0.2, 0.25) is 0 Å². The molecule has 4 rings (SSSR count). The highest BCUT2D eigenvalue weighted by Gasteiger charge is 2.28. The lowest BCUT2D eigenvalue weighted by atomic mass is 10.0. The molecule has 0 atom stereocenters. The molecule has 0 saturated heterocycles. The van der Waals surface area contributed by atoms with Crippen LogP contribution in [0, 0.1) is 5.82 Å². The van der Waals surface area contributed by atoms with Crippen LogP contribution in [0.2, 0.25) is 0 Å². The number of fused-ring (bicyclic) bond motifs is 1. The van der Waals surface area contributed by atoms with Gasteiger partial charge in [-0.15, -0.1) is 0 Å². The molecule has 1 heterocycles. The summed E-state index contributed by atoms with van der Waals surface area (Å²) in [5, 5.41) is 6.27. The summed E-state index contributed by atoms with van der Waals surface area (Å²) in [5.41, 5.74) is 3.09. The number of aryl methyl sites for hydroxylation is 1. The van der Waals surface area contributed by atoms with E-state index in [2.05, 4.69) is 10.6 Å². The zero-order chi connectivity index (χ0) is 21.1. The first-order valence-corrected chi connectivity index (χ1v) is 11.3. The fraction of sp³-hybridized carbons (Fsp3) is 0.136. The van der Waals surface area contributed by atoms with Crippen LogP contribution in [0.4, 0.5) is 21.5 Å². The highest BCUT2D eigenvalue weighted by molar-refractivity contribution is 7.92. The standard InChI is InChI=1S/C22H20FN3O2S2/c23-17-7-9-18(10-8-17)24-22(29)25-19-11-13-20(14-12-19)30(27,28)26-15-3-5-16-4-1-2-6-21(16)26/h1-2,4,6-14H,3,5,15H2,(H2,24,25,29). The molecule has 1 aliphatic heterocycles. The Bertz CT molecular complexity index is 1160. The normalized spacial score (nSPS) is 13.4. The van der Waals surface area contributed by atoms with Crippen LogP contribution >= 0.6 is 12.2 Å². The third-order valence-electron chi connectivity index (χ3n) is 4.87. The molecule has 0 spiro atoms. The molecule has 30 heavy (non-hydrogen) atoms. The van der Waals surface area contributed by atoms with Crippen molar-refractivity contribution in [3.63, 3.8) is 0 Å². The maximum atomic E-state index is 13.2. The maximum Gasteiger partial charge on any atom is 0.264 e. The predicted molar refractivity (Wildman–Crippen MR) is 122 cm³/mol. The van der Waals surface area contributed by atoms with E-state index in [-0.39, 0.29) is 10.7 Å². The van der Waals surface area contributed by atoms with Crippen LogP contribution in [0.25, 0.3) is 0 Å². The molecule has 0 unspecified atom stereocenters. The Labute approximate surface area is 180 Å². The van der Waals surface area contributed by atoms with E-state index in [4.69, 9.17) is 12.2 Å². The van der Waals surface area contributed by atoms with Gasteiger partial charge < -0.3 is 10.6 Å². The molecule has 3 aromatic carbocycles. The van der Waals surface area contributed by atoms with Crippen LogP contribution in [0.1, 0.15) is 12.0 Å². The van der Waals surface area contributed by atoms with Crippen molar-refractivity contribution in [3.05, 3.63) is 84.2 Å². The van der Waals surface area contributed by atoms with E-state index < -0.39 is 10.0 Å². The largest absolute Gasteiger partial charge is 0.332 e. The maximum absolute atomic E-state index is 13.2. The second-order valence-corrected chi connectivity index (χ2v) is 9.19. The number of thiocarbonyl (C=S) groups is 1. The summed E-state index contributed by atoms with van der Waals surface area (Å²) < 4.78 is 40.9. The molecule has 3 aromatic rings. The van der Waals surface area contributed by atoms with Crippen molar-refractivity contribution in [1.82, 2.24) is 0 Å². The minimum Gasteiger partial charge on any atom is -0.332 e. The highest BCUT2D eigenvalue weighted by atomic mass is 32.2. The van der Waals surface area contributed by atoms with Gasteiger partial charge in [-0.25, -0.2) is 12.8 Å². The summed E-state index contributed by atoms with van der Waals surface area (Å²) >= 11 is 5.26. The minimum atomic E-state index is -3.65. The van der Waals surface area contributed by atoms with Crippen molar-refractivity contribution in [1.29, 1.82) is 0 Å². The molecule has 2 N–H and O–H groups in total. The van der Waals surface area contributed by atoms with Crippen LogP contribution < -0.4 is 14.9 Å². The molecule has 1 aliphatic rings. The van der Waals surface area contributed by atoms with Crippen LogP contribution in [0.3, 0.4) is 0 Å². The Kier molecular flexibility index (Phi) is 5.69. The molecule has 154 valence electrons. The zero-order valence-electron chi connectivity index (χ0n) is 16.0. The SMILES string of the molecule is O=S(=O)(c1ccc(NC(=S)Nc2ccc(F)cc2)cc1)N1CCCc2ccccc21. The first kappa shape index (κ1) is 20.3. The molecule has 5 nitrogen and oxygen atoms in total. The minimum absolute atomic E-state index is 0.224. The number of sulfonamides is 1. The number of hydrogen-bond acceptors (Lipinski definition) is 3. The van der Waals surface area contributed by atoms with Crippen LogP contribution in [-0.4, -0.2) is 20.1 Å². The third kappa shape index (κ3) is 4.29. The second kappa shape index (κ2) is 8.41. The molecule has 0 aliphatic carbocycles. The average Bonchev–Trinajstić information content (AvgIpc) is 2.75. The van der Waals surface area contributed by atoms with Crippen LogP contribution in [-0.2, 0) is 16.4 Å². The molecule has 0 radical (unpaired) electrons. The molecular formula is C22H20FN3O2S2. The topological polar surface area (TPSA) is 61.4 Å². The molecule has 0 amide bonds. The quantitative estimate of drug-likeness (QED) is 0.571. The summed E-state index contributed by atoms with van der Waals surface area (Å²) in [5.74, 6) is -0.326. The number of anilines is 3. The van der Waals surface area contributed by atoms with E-state index in [1.807, 2.05) is 24.3 Å². The molecular weight excluding hydrogens is 421 g/mol. The Morgan fingerprint density at radius 2 is 1.50 bits per heavy atom. The van der Waals surface area contributed by atoms with Gasteiger partial charge in [0, 0.05) is 17.9 Å². The van der Waals surface area contributed by atoms with Crippen molar-refractivity contribution in [2.75, 3.05) is 21.5 Å². The Morgan fingerprint density at radius 1 is 0.900 bits per heavy atom. The molecule has 0 saturated carbocycles. The number of halogens is 1. The number of nitrogens with one attached hydrogen (secondary N) is 2. The van der Waals surface area contributed by atoms with E-state index in [0.717, 1.165) is 24.1 Å². The Morgan fingerprint density at radius 3 is 2.17 bits per heavy atom. The summed E-state index contributed by atoms with van der Waals surface area (Å²) in [6, 6.07) is 19.9. The number of rotatable bonds is 4. The van der Waals surface area contributed by atoms with Gasteiger partial charge in [0.1, 0.15) is 5.82 Å². The first-order chi connectivity index (χ1) is 14.4. The summed E-state index contributed by atoms with van der Waals surface area (Å²) in [6.07, 6.45) is 1.67. The fourth-order valence-electron chi connectivity index (χ4n) is 3.41. The molecule has 8 heteroatoms. The van der Waals surface area contributed by atoms with Gasteiger partial charge in [-0.1, -0.05) is 18.2 Å². The van der Waals surface area contributed by atoms with E-state index >= 15 is 0 Å².